The predicted molar refractivity (Wildman–Crippen MR) is 80.5 cm³/mol. The van der Waals surface area contributed by atoms with Gasteiger partial charge in [-0.25, -0.2) is 0 Å². The van der Waals surface area contributed by atoms with Crippen molar-refractivity contribution in [3.05, 3.63) is 63.6 Å². The quantitative estimate of drug-likeness (QED) is 0.921. The maximum atomic E-state index is 10.3. The number of halogens is 1. The fourth-order valence-corrected chi connectivity index (χ4v) is 2.36. The number of rotatable bonds is 4. The zero-order chi connectivity index (χ0) is 13.8. The second kappa shape index (κ2) is 6.22. The summed E-state index contributed by atoms with van der Waals surface area (Å²) in [5.74, 6) is 0.800. The SMILES string of the molecule is COc1ccc(Br)c(CC(O)c2ccc(C)cc2)c1. The number of hydrogen-bond acceptors (Lipinski definition) is 2. The summed E-state index contributed by atoms with van der Waals surface area (Å²) in [7, 11) is 1.64. The molecule has 2 aromatic carbocycles. The minimum Gasteiger partial charge on any atom is -0.497 e. The van der Waals surface area contributed by atoms with E-state index in [9.17, 15) is 5.11 Å². The third-order valence-electron chi connectivity index (χ3n) is 3.13. The number of aliphatic hydroxyl groups is 1. The molecule has 0 saturated heterocycles. The summed E-state index contributed by atoms with van der Waals surface area (Å²) < 4.78 is 6.20. The van der Waals surface area contributed by atoms with E-state index in [2.05, 4.69) is 15.9 Å². The molecule has 0 bridgehead atoms. The average Bonchev–Trinajstić information content (AvgIpc) is 2.42. The van der Waals surface area contributed by atoms with Crippen molar-refractivity contribution in [3.8, 4) is 5.75 Å². The Morgan fingerprint density at radius 3 is 2.47 bits per heavy atom. The smallest absolute Gasteiger partial charge is 0.119 e. The van der Waals surface area contributed by atoms with Crippen LogP contribution in [0.1, 0.15) is 22.8 Å². The Bertz CT molecular complexity index is 549. The van der Waals surface area contributed by atoms with Crippen molar-refractivity contribution in [1.29, 1.82) is 0 Å². The molecular weight excluding hydrogens is 304 g/mol. The molecule has 1 N–H and O–H groups in total. The molecule has 0 aliphatic heterocycles. The minimum atomic E-state index is -0.510. The molecule has 0 fully saturated rings. The highest BCUT2D eigenvalue weighted by Gasteiger charge is 2.11. The van der Waals surface area contributed by atoms with Crippen LogP contribution in [0.15, 0.2) is 46.9 Å². The predicted octanol–water partition coefficient (Wildman–Crippen LogP) is 4.04. The van der Waals surface area contributed by atoms with Gasteiger partial charge in [-0.15, -0.1) is 0 Å². The van der Waals surface area contributed by atoms with Gasteiger partial charge in [-0.1, -0.05) is 45.8 Å². The maximum absolute atomic E-state index is 10.3. The van der Waals surface area contributed by atoms with Crippen LogP contribution in [0.5, 0.6) is 5.75 Å². The molecule has 3 heteroatoms. The highest BCUT2D eigenvalue weighted by Crippen LogP contribution is 2.27. The van der Waals surface area contributed by atoms with E-state index in [1.807, 2.05) is 49.4 Å². The number of benzene rings is 2. The van der Waals surface area contributed by atoms with Crippen LogP contribution in [0.2, 0.25) is 0 Å². The lowest BCUT2D eigenvalue weighted by atomic mass is 10.0. The average molecular weight is 321 g/mol. The highest BCUT2D eigenvalue weighted by molar-refractivity contribution is 9.10. The minimum absolute atomic E-state index is 0.510. The van der Waals surface area contributed by atoms with Gasteiger partial charge < -0.3 is 9.84 Å². The van der Waals surface area contributed by atoms with Gasteiger partial charge in [0.2, 0.25) is 0 Å². The lowest BCUT2D eigenvalue weighted by Crippen LogP contribution is -2.02. The van der Waals surface area contributed by atoms with Crippen molar-refractivity contribution in [2.45, 2.75) is 19.4 Å². The van der Waals surface area contributed by atoms with Crippen LogP contribution in [-0.2, 0) is 6.42 Å². The van der Waals surface area contributed by atoms with Gasteiger partial charge >= 0.3 is 0 Å². The van der Waals surface area contributed by atoms with Crippen LogP contribution < -0.4 is 4.74 Å². The number of ether oxygens (including phenoxy) is 1. The Hall–Kier alpha value is -1.32. The number of aryl methyl sites for hydroxylation is 1. The summed E-state index contributed by atoms with van der Waals surface area (Å²) in [6.45, 7) is 2.04. The van der Waals surface area contributed by atoms with Gasteiger partial charge in [-0.2, -0.15) is 0 Å². The summed E-state index contributed by atoms with van der Waals surface area (Å²) in [5, 5.41) is 10.3. The van der Waals surface area contributed by atoms with Crippen LogP contribution in [0.25, 0.3) is 0 Å². The van der Waals surface area contributed by atoms with E-state index in [1.165, 1.54) is 5.56 Å². The first-order valence-electron chi connectivity index (χ1n) is 6.17. The lowest BCUT2D eigenvalue weighted by Gasteiger charge is -2.13. The van der Waals surface area contributed by atoms with Gasteiger partial charge in [0.15, 0.2) is 0 Å². The molecule has 0 heterocycles. The monoisotopic (exact) mass is 320 g/mol. The van der Waals surface area contributed by atoms with Gasteiger partial charge in [0.1, 0.15) is 5.75 Å². The number of aliphatic hydroxyl groups excluding tert-OH is 1. The third kappa shape index (κ3) is 3.58. The van der Waals surface area contributed by atoms with Crippen molar-refractivity contribution in [2.75, 3.05) is 7.11 Å². The van der Waals surface area contributed by atoms with Crippen molar-refractivity contribution < 1.29 is 9.84 Å². The molecule has 0 aliphatic rings. The summed E-state index contributed by atoms with van der Waals surface area (Å²) in [6.07, 6.45) is 0.0462. The van der Waals surface area contributed by atoms with E-state index in [0.29, 0.717) is 6.42 Å². The summed E-state index contributed by atoms with van der Waals surface area (Å²) >= 11 is 3.51. The Kier molecular flexibility index (Phi) is 4.61. The molecule has 2 nitrogen and oxygen atoms in total. The zero-order valence-electron chi connectivity index (χ0n) is 11.1. The number of hydrogen-bond donors (Lipinski definition) is 1. The van der Waals surface area contributed by atoms with Gasteiger partial charge in [-0.05, 0) is 36.2 Å². The molecule has 100 valence electrons. The zero-order valence-corrected chi connectivity index (χ0v) is 12.6. The Morgan fingerprint density at radius 2 is 1.84 bits per heavy atom. The topological polar surface area (TPSA) is 29.5 Å². The van der Waals surface area contributed by atoms with Crippen LogP contribution in [0.3, 0.4) is 0 Å². The molecule has 2 aromatic rings. The molecule has 0 saturated carbocycles. The molecule has 0 aliphatic carbocycles. The molecular formula is C16H17BrO2. The molecule has 0 aromatic heterocycles. The third-order valence-corrected chi connectivity index (χ3v) is 3.90. The fraction of sp³-hybridized carbons (Fsp3) is 0.250. The molecule has 1 unspecified atom stereocenters. The normalized spacial score (nSPS) is 12.2. The number of methoxy groups -OCH3 is 1. The van der Waals surface area contributed by atoms with E-state index < -0.39 is 6.10 Å². The van der Waals surface area contributed by atoms with Crippen molar-refractivity contribution in [1.82, 2.24) is 0 Å². The summed E-state index contributed by atoms with van der Waals surface area (Å²) in [5.41, 5.74) is 3.16. The molecule has 0 spiro atoms. The Balaban J connectivity index is 2.18. The summed E-state index contributed by atoms with van der Waals surface area (Å²) in [6, 6.07) is 13.7. The van der Waals surface area contributed by atoms with Crippen LogP contribution in [-0.4, -0.2) is 12.2 Å². The first kappa shape index (κ1) is 14.1. The van der Waals surface area contributed by atoms with Crippen molar-refractivity contribution >= 4 is 15.9 Å². The van der Waals surface area contributed by atoms with Crippen molar-refractivity contribution in [3.63, 3.8) is 0 Å². The van der Waals surface area contributed by atoms with Crippen LogP contribution >= 0.6 is 15.9 Å². The van der Waals surface area contributed by atoms with Crippen LogP contribution in [0.4, 0.5) is 0 Å². The molecule has 1 atom stereocenters. The second-order valence-corrected chi connectivity index (χ2v) is 5.44. The highest BCUT2D eigenvalue weighted by atomic mass is 79.9. The standard InChI is InChI=1S/C16H17BrO2/c1-11-3-5-12(6-4-11)16(18)10-13-9-14(19-2)7-8-15(13)17/h3-9,16,18H,10H2,1-2H3. The fourth-order valence-electron chi connectivity index (χ4n) is 1.95. The first-order valence-corrected chi connectivity index (χ1v) is 6.96. The van der Waals surface area contributed by atoms with E-state index in [1.54, 1.807) is 7.11 Å². The largest absolute Gasteiger partial charge is 0.497 e. The molecule has 0 radical (unpaired) electrons. The van der Waals surface area contributed by atoms with E-state index >= 15 is 0 Å². The molecule has 2 rings (SSSR count). The van der Waals surface area contributed by atoms with Gasteiger partial charge in [0.25, 0.3) is 0 Å². The first-order chi connectivity index (χ1) is 9.10. The van der Waals surface area contributed by atoms with Crippen molar-refractivity contribution in [2.24, 2.45) is 0 Å². The Morgan fingerprint density at radius 1 is 1.16 bits per heavy atom. The van der Waals surface area contributed by atoms with E-state index in [4.69, 9.17) is 4.74 Å². The molecule has 19 heavy (non-hydrogen) atoms. The summed E-state index contributed by atoms with van der Waals surface area (Å²) in [4.78, 5) is 0. The second-order valence-electron chi connectivity index (χ2n) is 4.59. The molecule has 0 amide bonds. The van der Waals surface area contributed by atoms with Gasteiger partial charge in [0.05, 0.1) is 13.2 Å². The van der Waals surface area contributed by atoms with Crippen LogP contribution in [0, 0.1) is 6.92 Å². The van der Waals surface area contributed by atoms with E-state index in [-0.39, 0.29) is 0 Å². The Labute approximate surface area is 122 Å². The van der Waals surface area contributed by atoms with E-state index in [0.717, 1.165) is 21.3 Å². The van der Waals surface area contributed by atoms with Gasteiger partial charge in [0, 0.05) is 10.9 Å². The van der Waals surface area contributed by atoms with Gasteiger partial charge in [-0.3, -0.25) is 0 Å². The lowest BCUT2D eigenvalue weighted by molar-refractivity contribution is 0.178. The maximum Gasteiger partial charge on any atom is 0.119 e.